The second kappa shape index (κ2) is 7.36. The molecule has 1 N–H and O–H groups in total. The second-order valence-corrected chi connectivity index (χ2v) is 7.93. The van der Waals surface area contributed by atoms with Gasteiger partial charge in [0.1, 0.15) is 17.6 Å². The number of benzene rings is 1. The van der Waals surface area contributed by atoms with Crippen LogP contribution in [-0.2, 0) is 23.2 Å². The maximum absolute atomic E-state index is 14.5. The summed E-state index contributed by atoms with van der Waals surface area (Å²) in [4.78, 5) is 24.9. The monoisotopic (exact) mass is 434 g/mol. The summed E-state index contributed by atoms with van der Waals surface area (Å²) in [6.07, 6.45) is -5.01. The highest BCUT2D eigenvalue weighted by Gasteiger charge is 2.38. The molecule has 0 fully saturated rings. The third-order valence-corrected chi connectivity index (χ3v) is 5.35. The SMILES string of the molecule is CCS(=O)(=O)Nc1cc(-n2c(=O)c(C)c(C(F)(F)F)n(C)c2=O)c(F)cc1C#N. The maximum atomic E-state index is 14.5. The molecule has 0 aliphatic rings. The van der Waals surface area contributed by atoms with Gasteiger partial charge in [-0.3, -0.25) is 14.1 Å². The van der Waals surface area contributed by atoms with Gasteiger partial charge in [0.05, 0.1) is 22.7 Å². The molecule has 0 saturated heterocycles. The van der Waals surface area contributed by atoms with Crippen LogP contribution in [-0.4, -0.2) is 23.3 Å². The Morgan fingerprint density at radius 3 is 2.31 bits per heavy atom. The van der Waals surface area contributed by atoms with Gasteiger partial charge in [-0.25, -0.2) is 22.2 Å². The van der Waals surface area contributed by atoms with E-state index in [1.807, 2.05) is 4.72 Å². The van der Waals surface area contributed by atoms with Crippen molar-refractivity contribution in [2.45, 2.75) is 20.0 Å². The Kier molecular flexibility index (Phi) is 5.62. The summed E-state index contributed by atoms with van der Waals surface area (Å²) < 4.78 is 79.9. The van der Waals surface area contributed by atoms with Gasteiger partial charge in [-0.1, -0.05) is 0 Å². The fourth-order valence-corrected chi connectivity index (χ4v) is 3.27. The predicted molar refractivity (Wildman–Crippen MR) is 94.8 cm³/mol. The number of aromatic nitrogens is 2. The van der Waals surface area contributed by atoms with Crippen molar-refractivity contribution < 1.29 is 26.0 Å². The summed E-state index contributed by atoms with van der Waals surface area (Å²) in [5.41, 5.74) is -6.98. The average Bonchev–Trinajstić information content (AvgIpc) is 2.61. The number of sulfonamides is 1. The number of nitrogens with zero attached hydrogens (tertiary/aromatic N) is 3. The fourth-order valence-electron chi connectivity index (χ4n) is 2.62. The minimum Gasteiger partial charge on any atom is -0.292 e. The third kappa shape index (κ3) is 4.02. The van der Waals surface area contributed by atoms with Gasteiger partial charge >= 0.3 is 11.9 Å². The zero-order valence-electron chi connectivity index (χ0n) is 15.3. The van der Waals surface area contributed by atoms with Crippen molar-refractivity contribution in [1.82, 2.24) is 9.13 Å². The first-order chi connectivity index (χ1) is 13.2. The molecule has 0 saturated carbocycles. The largest absolute Gasteiger partial charge is 0.432 e. The van der Waals surface area contributed by atoms with Crippen molar-refractivity contribution in [3.8, 4) is 11.8 Å². The van der Waals surface area contributed by atoms with Crippen LogP contribution in [0.5, 0.6) is 0 Å². The maximum Gasteiger partial charge on any atom is 0.432 e. The summed E-state index contributed by atoms with van der Waals surface area (Å²) in [7, 11) is -3.16. The molecule has 0 atom stereocenters. The number of halogens is 4. The van der Waals surface area contributed by atoms with Gasteiger partial charge in [-0.15, -0.1) is 0 Å². The van der Waals surface area contributed by atoms with Crippen molar-refractivity contribution in [3.63, 3.8) is 0 Å². The molecule has 0 spiro atoms. The minimum atomic E-state index is -5.01. The Hall–Kier alpha value is -3.14. The van der Waals surface area contributed by atoms with Gasteiger partial charge in [0.15, 0.2) is 0 Å². The first kappa shape index (κ1) is 22.2. The second-order valence-electron chi connectivity index (χ2n) is 5.92. The van der Waals surface area contributed by atoms with Crippen LogP contribution < -0.4 is 16.0 Å². The topological polar surface area (TPSA) is 114 Å². The van der Waals surface area contributed by atoms with Crippen LogP contribution in [0.25, 0.3) is 5.69 Å². The lowest BCUT2D eigenvalue weighted by Crippen LogP contribution is -2.43. The molecular weight excluding hydrogens is 420 g/mol. The molecule has 13 heteroatoms. The van der Waals surface area contributed by atoms with Gasteiger partial charge in [0.2, 0.25) is 10.0 Å². The molecule has 0 bridgehead atoms. The average molecular weight is 434 g/mol. The summed E-state index contributed by atoms with van der Waals surface area (Å²) >= 11 is 0. The van der Waals surface area contributed by atoms with Crippen LogP contribution in [0.15, 0.2) is 21.7 Å². The van der Waals surface area contributed by atoms with E-state index in [1.54, 1.807) is 6.07 Å². The number of alkyl halides is 3. The first-order valence-corrected chi connectivity index (χ1v) is 9.54. The lowest BCUT2D eigenvalue weighted by Gasteiger charge is -2.18. The van der Waals surface area contributed by atoms with E-state index < -0.39 is 67.2 Å². The Bertz CT molecular complexity index is 1220. The number of nitriles is 1. The van der Waals surface area contributed by atoms with E-state index in [9.17, 15) is 35.6 Å². The van der Waals surface area contributed by atoms with E-state index >= 15 is 0 Å². The summed E-state index contributed by atoms with van der Waals surface area (Å²) in [5, 5.41) is 9.09. The van der Waals surface area contributed by atoms with E-state index in [0.29, 0.717) is 12.1 Å². The molecule has 0 aliphatic heterocycles. The van der Waals surface area contributed by atoms with E-state index in [0.717, 1.165) is 14.0 Å². The van der Waals surface area contributed by atoms with Crippen LogP contribution in [0.4, 0.5) is 23.2 Å². The van der Waals surface area contributed by atoms with Gasteiger partial charge in [-0.2, -0.15) is 18.4 Å². The molecule has 156 valence electrons. The van der Waals surface area contributed by atoms with Crippen molar-refractivity contribution in [2.75, 3.05) is 10.5 Å². The van der Waals surface area contributed by atoms with E-state index in [2.05, 4.69) is 0 Å². The van der Waals surface area contributed by atoms with Crippen molar-refractivity contribution in [3.05, 3.63) is 55.6 Å². The quantitative estimate of drug-likeness (QED) is 0.735. The third-order valence-electron chi connectivity index (χ3n) is 4.06. The lowest BCUT2D eigenvalue weighted by molar-refractivity contribution is -0.144. The summed E-state index contributed by atoms with van der Waals surface area (Å²) in [6, 6.07) is 2.83. The van der Waals surface area contributed by atoms with E-state index in [1.165, 1.54) is 6.92 Å². The summed E-state index contributed by atoms with van der Waals surface area (Å²) in [5.74, 6) is -1.68. The highest BCUT2D eigenvalue weighted by Crippen LogP contribution is 2.30. The molecule has 1 aromatic carbocycles. The molecular formula is C16H14F4N4O4S. The molecule has 2 rings (SSSR count). The van der Waals surface area contributed by atoms with Crippen LogP contribution in [0.2, 0.25) is 0 Å². The van der Waals surface area contributed by atoms with Crippen molar-refractivity contribution in [2.24, 2.45) is 7.05 Å². The molecule has 0 aliphatic carbocycles. The van der Waals surface area contributed by atoms with E-state index in [-0.39, 0.29) is 9.13 Å². The Morgan fingerprint density at radius 1 is 1.24 bits per heavy atom. The first-order valence-electron chi connectivity index (χ1n) is 7.89. The van der Waals surface area contributed by atoms with Crippen LogP contribution >= 0.6 is 0 Å². The van der Waals surface area contributed by atoms with E-state index in [4.69, 9.17) is 5.26 Å². The Balaban J connectivity index is 2.92. The number of hydrogen-bond acceptors (Lipinski definition) is 5. The molecule has 0 radical (unpaired) electrons. The van der Waals surface area contributed by atoms with Crippen LogP contribution in [0.1, 0.15) is 23.7 Å². The van der Waals surface area contributed by atoms with Crippen LogP contribution in [0.3, 0.4) is 0 Å². The standard InChI is InChI=1S/C16H14F4N4O4S/c1-4-29(27,28)22-11-6-12(10(17)5-9(11)7-21)24-14(25)8(2)13(16(18,19)20)23(3)15(24)26/h5-6,22H,4H2,1-3H3. The smallest absolute Gasteiger partial charge is 0.292 e. The van der Waals surface area contributed by atoms with Crippen molar-refractivity contribution in [1.29, 1.82) is 5.26 Å². The molecule has 2 aromatic rings. The normalized spacial score (nSPS) is 11.9. The van der Waals surface area contributed by atoms with Gasteiger partial charge in [0.25, 0.3) is 5.56 Å². The molecule has 29 heavy (non-hydrogen) atoms. The molecule has 0 amide bonds. The zero-order chi connectivity index (χ0) is 22.3. The molecule has 1 heterocycles. The highest BCUT2D eigenvalue weighted by molar-refractivity contribution is 7.92. The van der Waals surface area contributed by atoms with Gasteiger partial charge in [-0.05, 0) is 26.0 Å². The Morgan fingerprint density at radius 2 is 1.83 bits per heavy atom. The number of rotatable bonds is 4. The minimum absolute atomic E-state index is 0.143. The molecule has 1 aromatic heterocycles. The fraction of sp³-hybridized carbons (Fsp3) is 0.312. The Labute approximate surface area is 161 Å². The number of hydrogen-bond donors (Lipinski definition) is 1. The number of nitrogens with one attached hydrogen (secondary N) is 1. The highest BCUT2D eigenvalue weighted by atomic mass is 32.2. The van der Waals surface area contributed by atoms with Gasteiger partial charge < -0.3 is 0 Å². The molecule has 0 unspecified atom stereocenters. The predicted octanol–water partition coefficient (Wildman–Crippen LogP) is 1.64. The lowest BCUT2D eigenvalue weighted by atomic mass is 10.1. The van der Waals surface area contributed by atoms with Crippen LogP contribution in [0, 0.1) is 24.1 Å². The van der Waals surface area contributed by atoms with Crippen molar-refractivity contribution >= 4 is 15.7 Å². The number of anilines is 1. The van der Waals surface area contributed by atoms with Gasteiger partial charge in [0, 0.05) is 12.6 Å². The summed E-state index contributed by atoms with van der Waals surface area (Å²) in [6.45, 7) is 2.11. The molecule has 8 nitrogen and oxygen atoms in total. The zero-order valence-corrected chi connectivity index (χ0v) is 16.1.